The Morgan fingerprint density at radius 1 is 1.15 bits per heavy atom. The maximum absolute atomic E-state index is 11.8. The first-order valence-electron chi connectivity index (χ1n) is 6.79. The van der Waals surface area contributed by atoms with Gasteiger partial charge in [0.15, 0.2) is 0 Å². The van der Waals surface area contributed by atoms with E-state index in [2.05, 4.69) is 10.6 Å². The lowest BCUT2D eigenvalue weighted by Crippen LogP contribution is -2.47. The molecule has 1 rings (SSSR count). The van der Waals surface area contributed by atoms with E-state index in [0.29, 0.717) is 0 Å². The number of nitrogens with one attached hydrogen (secondary N) is 2. The number of carbonyl (C=O) groups is 2. The van der Waals surface area contributed by atoms with Crippen molar-refractivity contribution in [2.75, 3.05) is 6.54 Å². The first-order chi connectivity index (χ1) is 9.41. The van der Waals surface area contributed by atoms with Crippen molar-refractivity contribution in [3.8, 4) is 0 Å². The second-order valence-electron chi connectivity index (χ2n) is 5.19. The third-order valence-corrected chi connectivity index (χ3v) is 3.12. The number of hydrogen-bond acceptors (Lipinski definition) is 3. The average molecular weight is 277 g/mol. The molecule has 0 fully saturated rings. The van der Waals surface area contributed by atoms with Crippen molar-refractivity contribution in [1.82, 2.24) is 10.6 Å². The van der Waals surface area contributed by atoms with Crippen LogP contribution >= 0.6 is 0 Å². The number of nitrogens with two attached hydrogens (primary N) is 1. The van der Waals surface area contributed by atoms with Crippen LogP contribution in [0.4, 0.5) is 0 Å². The zero-order chi connectivity index (χ0) is 15.1. The molecule has 0 aliphatic carbocycles. The van der Waals surface area contributed by atoms with Crippen LogP contribution in [0.25, 0.3) is 0 Å². The van der Waals surface area contributed by atoms with Crippen molar-refractivity contribution < 1.29 is 9.59 Å². The molecule has 5 heteroatoms. The summed E-state index contributed by atoms with van der Waals surface area (Å²) >= 11 is 0. The zero-order valence-electron chi connectivity index (χ0n) is 12.2. The summed E-state index contributed by atoms with van der Waals surface area (Å²) in [5.74, 6) is -0.491. The maximum atomic E-state index is 11.8. The Hall–Kier alpha value is -1.88. The monoisotopic (exact) mass is 277 g/mol. The standard InChI is InChI=1S/C15H23N3O2/c1-10(2)14(16)15(20)17-9-13(19)18-11(3)12-7-5-4-6-8-12/h4-8,10-11,14H,9,16H2,1-3H3,(H,17,20)(H,18,19)/t11-,14+/m1/s1. The third kappa shape index (κ3) is 5.01. The average Bonchev–Trinajstić information content (AvgIpc) is 2.44. The van der Waals surface area contributed by atoms with E-state index in [1.807, 2.05) is 51.1 Å². The summed E-state index contributed by atoms with van der Waals surface area (Å²) in [6.45, 7) is 5.56. The second-order valence-corrected chi connectivity index (χ2v) is 5.19. The number of rotatable bonds is 6. The SMILES string of the molecule is CC(C)[C@H](N)C(=O)NCC(=O)N[C@H](C)c1ccccc1. The molecule has 110 valence electrons. The summed E-state index contributed by atoms with van der Waals surface area (Å²) in [5.41, 5.74) is 6.71. The van der Waals surface area contributed by atoms with Crippen molar-refractivity contribution >= 4 is 11.8 Å². The maximum Gasteiger partial charge on any atom is 0.239 e. The normalized spacial score (nSPS) is 13.7. The lowest BCUT2D eigenvalue weighted by atomic mass is 10.1. The Balaban J connectivity index is 2.39. The molecule has 4 N–H and O–H groups in total. The van der Waals surface area contributed by atoms with Crippen LogP contribution in [-0.2, 0) is 9.59 Å². The van der Waals surface area contributed by atoms with Crippen LogP contribution in [0.3, 0.4) is 0 Å². The molecule has 0 radical (unpaired) electrons. The van der Waals surface area contributed by atoms with E-state index in [1.165, 1.54) is 0 Å². The van der Waals surface area contributed by atoms with Crippen LogP contribution in [0, 0.1) is 5.92 Å². The highest BCUT2D eigenvalue weighted by Crippen LogP contribution is 2.10. The first kappa shape index (κ1) is 16.2. The predicted molar refractivity (Wildman–Crippen MR) is 78.8 cm³/mol. The zero-order valence-corrected chi connectivity index (χ0v) is 12.2. The van der Waals surface area contributed by atoms with Gasteiger partial charge in [0.05, 0.1) is 18.6 Å². The molecule has 5 nitrogen and oxygen atoms in total. The minimum absolute atomic E-state index is 0.0429. The van der Waals surface area contributed by atoms with Gasteiger partial charge in [-0.15, -0.1) is 0 Å². The fourth-order valence-corrected chi connectivity index (χ4v) is 1.71. The molecule has 2 amide bonds. The van der Waals surface area contributed by atoms with Gasteiger partial charge in [-0.05, 0) is 18.4 Å². The quantitative estimate of drug-likeness (QED) is 0.724. The highest BCUT2D eigenvalue weighted by atomic mass is 16.2. The first-order valence-corrected chi connectivity index (χ1v) is 6.79. The van der Waals surface area contributed by atoms with E-state index in [0.717, 1.165) is 5.56 Å². The second kappa shape index (κ2) is 7.65. The van der Waals surface area contributed by atoms with Crippen molar-refractivity contribution in [2.45, 2.75) is 32.9 Å². The number of amides is 2. The smallest absolute Gasteiger partial charge is 0.239 e. The third-order valence-electron chi connectivity index (χ3n) is 3.12. The molecule has 0 aromatic heterocycles. The lowest BCUT2D eigenvalue weighted by molar-refractivity contribution is -0.127. The van der Waals surface area contributed by atoms with Crippen molar-refractivity contribution in [3.63, 3.8) is 0 Å². The van der Waals surface area contributed by atoms with E-state index >= 15 is 0 Å². The van der Waals surface area contributed by atoms with Gasteiger partial charge in [-0.25, -0.2) is 0 Å². The molecule has 0 unspecified atom stereocenters. The predicted octanol–water partition coefficient (Wildman–Crippen LogP) is 0.963. The summed E-state index contributed by atoms with van der Waals surface area (Å²) in [6, 6.07) is 8.96. The van der Waals surface area contributed by atoms with Gasteiger partial charge < -0.3 is 16.4 Å². The molecule has 1 aromatic carbocycles. The van der Waals surface area contributed by atoms with E-state index in [1.54, 1.807) is 0 Å². The van der Waals surface area contributed by atoms with Gasteiger partial charge in [0.1, 0.15) is 0 Å². The summed E-state index contributed by atoms with van der Waals surface area (Å²) in [6.07, 6.45) is 0. The Labute approximate surface area is 119 Å². The van der Waals surface area contributed by atoms with Crippen LogP contribution < -0.4 is 16.4 Å². The van der Waals surface area contributed by atoms with Crippen LogP contribution in [0.5, 0.6) is 0 Å². The molecule has 0 spiro atoms. The van der Waals surface area contributed by atoms with Gasteiger partial charge in [-0.2, -0.15) is 0 Å². The molecule has 0 aliphatic rings. The summed E-state index contributed by atoms with van der Waals surface area (Å²) in [4.78, 5) is 23.4. The summed E-state index contributed by atoms with van der Waals surface area (Å²) in [5, 5.41) is 5.37. The molecular formula is C15H23N3O2. The summed E-state index contributed by atoms with van der Waals surface area (Å²) < 4.78 is 0. The van der Waals surface area contributed by atoms with E-state index in [9.17, 15) is 9.59 Å². The fourth-order valence-electron chi connectivity index (χ4n) is 1.71. The molecular weight excluding hydrogens is 254 g/mol. The fraction of sp³-hybridized carbons (Fsp3) is 0.467. The minimum atomic E-state index is -0.589. The molecule has 0 heterocycles. The lowest BCUT2D eigenvalue weighted by Gasteiger charge is -2.17. The van der Waals surface area contributed by atoms with Gasteiger partial charge in [0.25, 0.3) is 0 Å². The molecule has 0 saturated heterocycles. The Kier molecular flexibility index (Phi) is 6.18. The highest BCUT2D eigenvalue weighted by molar-refractivity contribution is 5.87. The number of hydrogen-bond donors (Lipinski definition) is 3. The van der Waals surface area contributed by atoms with Gasteiger partial charge >= 0.3 is 0 Å². The van der Waals surface area contributed by atoms with Gasteiger partial charge in [0.2, 0.25) is 11.8 Å². The minimum Gasteiger partial charge on any atom is -0.348 e. The summed E-state index contributed by atoms with van der Waals surface area (Å²) in [7, 11) is 0. The molecule has 0 bridgehead atoms. The number of benzene rings is 1. The van der Waals surface area contributed by atoms with Crippen LogP contribution in [-0.4, -0.2) is 24.4 Å². The van der Waals surface area contributed by atoms with Gasteiger partial charge in [-0.3, -0.25) is 9.59 Å². The molecule has 1 aromatic rings. The van der Waals surface area contributed by atoms with Crippen LogP contribution in [0.2, 0.25) is 0 Å². The number of carbonyl (C=O) groups excluding carboxylic acids is 2. The van der Waals surface area contributed by atoms with Crippen molar-refractivity contribution in [2.24, 2.45) is 11.7 Å². The Morgan fingerprint density at radius 3 is 2.30 bits per heavy atom. The molecule has 0 aliphatic heterocycles. The van der Waals surface area contributed by atoms with Crippen LogP contribution in [0.1, 0.15) is 32.4 Å². The molecule has 2 atom stereocenters. The van der Waals surface area contributed by atoms with Gasteiger partial charge in [-0.1, -0.05) is 44.2 Å². The van der Waals surface area contributed by atoms with E-state index in [-0.39, 0.29) is 30.3 Å². The highest BCUT2D eigenvalue weighted by Gasteiger charge is 2.18. The van der Waals surface area contributed by atoms with Crippen molar-refractivity contribution in [1.29, 1.82) is 0 Å². The molecule has 0 saturated carbocycles. The Bertz CT molecular complexity index is 446. The van der Waals surface area contributed by atoms with Crippen LogP contribution in [0.15, 0.2) is 30.3 Å². The molecule has 20 heavy (non-hydrogen) atoms. The topological polar surface area (TPSA) is 84.2 Å². The Morgan fingerprint density at radius 2 is 1.75 bits per heavy atom. The van der Waals surface area contributed by atoms with E-state index < -0.39 is 6.04 Å². The van der Waals surface area contributed by atoms with Crippen molar-refractivity contribution in [3.05, 3.63) is 35.9 Å². The van der Waals surface area contributed by atoms with E-state index in [4.69, 9.17) is 5.73 Å². The largest absolute Gasteiger partial charge is 0.348 e. The van der Waals surface area contributed by atoms with Gasteiger partial charge in [0, 0.05) is 0 Å².